The van der Waals surface area contributed by atoms with Crippen LogP contribution in [0.2, 0.25) is 0 Å². The van der Waals surface area contributed by atoms with Crippen molar-refractivity contribution in [1.29, 1.82) is 0 Å². The molecule has 0 radical (unpaired) electrons. The highest BCUT2D eigenvalue weighted by Gasteiger charge is 2.49. The minimum absolute atomic E-state index is 0.266. The van der Waals surface area contributed by atoms with E-state index in [4.69, 9.17) is 0 Å². The van der Waals surface area contributed by atoms with Gasteiger partial charge in [-0.05, 0) is 49.9 Å². The molecule has 0 spiro atoms. The highest BCUT2D eigenvalue weighted by Crippen LogP contribution is 2.53. The van der Waals surface area contributed by atoms with Gasteiger partial charge in [0.15, 0.2) is 0 Å². The van der Waals surface area contributed by atoms with Gasteiger partial charge in [0.2, 0.25) is 0 Å². The fourth-order valence-corrected chi connectivity index (χ4v) is 3.41. The van der Waals surface area contributed by atoms with Gasteiger partial charge in [-0.2, -0.15) is 0 Å². The molecule has 2 aliphatic carbocycles. The molecule has 2 aliphatic rings. The van der Waals surface area contributed by atoms with Crippen LogP contribution in [0.1, 0.15) is 52.4 Å². The van der Waals surface area contributed by atoms with Gasteiger partial charge in [0.25, 0.3) is 0 Å². The van der Waals surface area contributed by atoms with Crippen molar-refractivity contribution in [2.75, 3.05) is 0 Å². The van der Waals surface area contributed by atoms with Gasteiger partial charge >= 0.3 is 0 Å². The Morgan fingerprint density at radius 2 is 2.23 bits per heavy atom. The quantitative estimate of drug-likeness (QED) is 0.711. The first-order valence-electron chi connectivity index (χ1n) is 5.86. The molecule has 0 aliphatic heterocycles. The molecule has 13 heavy (non-hydrogen) atoms. The van der Waals surface area contributed by atoms with Crippen LogP contribution >= 0.6 is 0 Å². The predicted octanol–water partition coefficient (Wildman–Crippen LogP) is 2.97. The second-order valence-corrected chi connectivity index (χ2v) is 5.40. The lowest BCUT2D eigenvalue weighted by atomic mass is 9.78. The monoisotopic (exact) mass is 182 g/mol. The highest BCUT2D eigenvalue weighted by molar-refractivity contribution is 5.01. The first-order chi connectivity index (χ1) is 6.14. The molecule has 76 valence electrons. The third kappa shape index (κ3) is 1.63. The molecule has 1 heteroatoms. The molecule has 0 aromatic rings. The molecule has 0 aromatic carbocycles. The summed E-state index contributed by atoms with van der Waals surface area (Å²) in [5.41, 5.74) is -0.266. The number of hydrogen-bond donors (Lipinski definition) is 1. The van der Waals surface area contributed by atoms with E-state index in [2.05, 4.69) is 13.8 Å². The van der Waals surface area contributed by atoms with Gasteiger partial charge in [-0.1, -0.05) is 20.3 Å². The Hall–Kier alpha value is -0.0400. The van der Waals surface area contributed by atoms with Gasteiger partial charge < -0.3 is 5.11 Å². The molecule has 1 nitrogen and oxygen atoms in total. The molecule has 2 bridgehead atoms. The van der Waals surface area contributed by atoms with Crippen LogP contribution in [-0.2, 0) is 0 Å². The average Bonchev–Trinajstić information content (AvgIpc) is 2.62. The summed E-state index contributed by atoms with van der Waals surface area (Å²) >= 11 is 0. The Balaban J connectivity index is 1.97. The van der Waals surface area contributed by atoms with Crippen LogP contribution in [0.25, 0.3) is 0 Å². The first kappa shape index (κ1) is 9.51. The van der Waals surface area contributed by atoms with Crippen LogP contribution in [0.5, 0.6) is 0 Å². The molecular formula is C12H22O. The first-order valence-corrected chi connectivity index (χ1v) is 5.86. The van der Waals surface area contributed by atoms with Crippen molar-refractivity contribution >= 4 is 0 Å². The third-order valence-corrected chi connectivity index (χ3v) is 4.34. The Morgan fingerprint density at radius 3 is 2.69 bits per heavy atom. The van der Waals surface area contributed by atoms with Crippen molar-refractivity contribution < 1.29 is 5.11 Å². The van der Waals surface area contributed by atoms with Crippen molar-refractivity contribution in [2.45, 2.75) is 58.0 Å². The van der Waals surface area contributed by atoms with Crippen LogP contribution in [-0.4, -0.2) is 10.7 Å². The van der Waals surface area contributed by atoms with Crippen LogP contribution in [0, 0.1) is 17.8 Å². The number of rotatable bonds is 3. The lowest BCUT2D eigenvalue weighted by Crippen LogP contribution is -2.36. The van der Waals surface area contributed by atoms with Crippen molar-refractivity contribution in [3.05, 3.63) is 0 Å². The SMILES string of the molecule is CCC(C)CC1(O)CC2CCC1C2. The zero-order valence-corrected chi connectivity index (χ0v) is 8.92. The van der Waals surface area contributed by atoms with Crippen molar-refractivity contribution in [3.63, 3.8) is 0 Å². The summed E-state index contributed by atoms with van der Waals surface area (Å²) in [5, 5.41) is 10.5. The van der Waals surface area contributed by atoms with E-state index in [0.717, 1.165) is 18.8 Å². The highest BCUT2D eigenvalue weighted by atomic mass is 16.3. The largest absolute Gasteiger partial charge is 0.390 e. The average molecular weight is 182 g/mol. The molecule has 0 aromatic heterocycles. The maximum absolute atomic E-state index is 10.5. The van der Waals surface area contributed by atoms with E-state index >= 15 is 0 Å². The van der Waals surface area contributed by atoms with Gasteiger partial charge in [0.05, 0.1) is 5.60 Å². The summed E-state index contributed by atoms with van der Waals surface area (Å²) in [6.07, 6.45) is 7.34. The molecule has 0 amide bonds. The van der Waals surface area contributed by atoms with Gasteiger partial charge in [-0.25, -0.2) is 0 Å². The zero-order chi connectivity index (χ0) is 9.47. The molecule has 2 fully saturated rings. The molecule has 2 rings (SSSR count). The third-order valence-electron chi connectivity index (χ3n) is 4.34. The Labute approximate surface area is 81.5 Å². The van der Waals surface area contributed by atoms with E-state index in [1.54, 1.807) is 0 Å². The van der Waals surface area contributed by atoms with Crippen LogP contribution in [0.4, 0.5) is 0 Å². The summed E-state index contributed by atoms with van der Waals surface area (Å²) in [6.45, 7) is 4.49. The topological polar surface area (TPSA) is 20.2 Å². The van der Waals surface area contributed by atoms with Crippen LogP contribution in [0.15, 0.2) is 0 Å². The molecule has 4 unspecified atom stereocenters. The maximum Gasteiger partial charge on any atom is 0.0681 e. The van der Waals surface area contributed by atoms with E-state index < -0.39 is 0 Å². The molecular weight excluding hydrogens is 160 g/mol. The minimum atomic E-state index is -0.266. The molecule has 1 N–H and O–H groups in total. The molecule has 0 saturated heterocycles. The minimum Gasteiger partial charge on any atom is -0.390 e. The van der Waals surface area contributed by atoms with E-state index in [1.165, 1.54) is 25.7 Å². The Kier molecular flexibility index (Phi) is 2.39. The normalized spacial score (nSPS) is 45.5. The van der Waals surface area contributed by atoms with Crippen molar-refractivity contribution in [2.24, 2.45) is 17.8 Å². The summed E-state index contributed by atoms with van der Waals surface area (Å²) in [4.78, 5) is 0. The van der Waals surface area contributed by atoms with E-state index in [9.17, 15) is 5.11 Å². The van der Waals surface area contributed by atoms with Gasteiger partial charge in [-0.15, -0.1) is 0 Å². The Bertz CT molecular complexity index is 190. The molecule has 0 heterocycles. The molecule has 2 saturated carbocycles. The zero-order valence-electron chi connectivity index (χ0n) is 8.92. The second-order valence-electron chi connectivity index (χ2n) is 5.40. The second kappa shape index (κ2) is 3.27. The van der Waals surface area contributed by atoms with Crippen LogP contribution in [0.3, 0.4) is 0 Å². The van der Waals surface area contributed by atoms with Gasteiger partial charge in [0, 0.05) is 0 Å². The Morgan fingerprint density at radius 1 is 1.46 bits per heavy atom. The maximum atomic E-state index is 10.5. The summed E-state index contributed by atoms with van der Waals surface area (Å²) in [7, 11) is 0. The standard InChI is InChI=1S/C12H22O/c1-3-9(2)7-12(13)8-10-4-5-11(12)6-10/h9-11,13H,3-8H2,1-2H3. The number of fused-ring (bicyclic) bond motifs is 2. The summed E-state index contributed by atoms with van der Waals surface area (Å²) < 4.78 is 0. The fraction of sp³-hybridized carbons (Fsp3) is 1.00. The molecule has 4 atom stereocenters. The summed E-state index contributed by atoms with van der Waals surface area (Å²) in [6, 6.07) is 0. The van der Waals surface area contributed by atoms with E-state index in [1.807, 2.05) is 0 Å². The van der Waals surface area contributed by atoms with Gasteiger partial charge in [0.1, 0.15) is 0 Å². The summed E-state index contributed by atoms with van der Waals surface area (Å²) in [5.74, 6) is 2.20. The van der Waals surface area contributed by atoms with Crippen molar-refractivity contribution in [1.82, 2.24) is 0 Å². The van der Waals surface area contributed by atoms with E-state index in [0.29, 0.717) is 11.8 Å². The van der Waals surface area contributed by atoms with Crippen molar-refractivity contribution in [3.8, 4) is 0 Å². The lowest BCUT2D eigenvalue weighted by Gasteiger charge is -2.34. The predicted molar refractivity (Wildman–Crippen MR) is 54.5 cm³/mol. The fourth-order valence-electron chi connectivity index (χ4n) is 3.41. The number of hydrogen-bond acceptors (Lipinski definition) is 1. The van der Waals surface area contributed by atoms with E-state index in [-0.39, 0.29) is 5.60 Å². The van der Waals surface area contributed by atoms with Gasteiger partial charge in [-0.3, -0.25) is 0 Å². The number of aliphatic hydroxyl groups is 1. The smallest absolute Gasteiger partial charge is 0.0681 e. The van der Waals surface area contributed by atoms with Crippen LogP contribution < -0.4 is 0 Å². The lowest BCUT2D eigenvalue weighted by molar-refractivity contribution is -0.0322.